The van der Waals surface area contributed by atoms with Crippen LogP contribution in [0.2, 0.25) is 0 Å². The number of aryl methyl sites for hydroxylation is 1. The lowest BCUT2D eigenvalue weighted by molar-refractivity contribution is -0.645. The third-order valence-corrected chi connectivity index (χ3v) is 13.5. The lowest BCUT2D eigenvalue weighted by Gasteiger charge is -2.36. The Morgan fingerprint density at radius 1 is 0.696 bits per heavy atom. The first kappa shape index (κ1) is 48.7. The topological polar surface area (TPSA) is 131 Å². The minimum absolute atomic E-state index is 0.0204. The normalized spacial score (nSPS) is 14.8. The fraction of sp³-hybridized carbons (Fsp3) is 0.429. The van der Waals surface area contributed by atoms with E-state index in [-0.39, 0.29) is 30.4 Å². The number of unbranched alkanes of at least 4 members (excludes halogenated alkanes) is 6. The smallest absolute Gasteiger partial charge is 0.239 e. The molecule has 13 nitrogen and oxygen atoms in total. The zero-order chi connectivity index (χ0) is 48.1. The van der Waals surface area contributed by atoms with Crippen molar-refractivity contribution >= 4 is 67.9 Å². The Bertz CT molecular complexity index is 2610. The highest BCUT2D eigenvalue weighted by Gasteiger charge is 2.33. The fourth-order valence-electron chi connectivity index (χ4n) is 9.60. The average Bonchev–Trinajstić information content (AvgIpc) is 3.44. The Labute approximate surface area is 407 Å². The van der Waals surface area contributed by atoms with Crippen molar-refractivity contribution in [2.75, 3.05) is 87.5 Å². The van der Waals surface area contributed by atoms with Crippen molar-refractivity contribution in [1.29, 1.82) is 0 Å². The molecule has 69 heavy (non-hydrogen) atoms. The van der Waals surface area contributed by atoms with Gasteiger partial charge in [0.25, 0.3) is 0 Å². The molecule has 0 fully saturated rings. The van der Waals surface area contributed by atoms with Gasteiger partial charge in [-0.05, 0) is 111 Å². The molecule has 8 rings (SSSR count). The lowest BCUT2D eigenvalue weighted by atomic mass is 9.88. The molecule has 4 aromatic carbocycles. The summed E-state index contributed by atoms with van der Waals surface area (Å²) in [6, 6.07) is 29.9. The van der Waals surface area contributed by atoms with Crippen molar-refractivity contribution in [2.45, 2.75) is 89.7 Å². The summed E-state index contributed by atoms with van der Waals surface area (Å²) >= 11 is 0. The van der Waals surface area contributed by atoms with Gasteiger partial charge in [0.05, 0.1) is 17.9 Å². The first-order chi connectivity index (χ1) is 33.6. The molecule has 3 amide bonds. The summed E-state index contributed by atoms with van der Waals surface area (Å²) in [6.45, 7) is 4.11. The molecule has 13 heteroatoms. The van der Waals surface area contributed by atoms with Gasteiger partial charge in [-0.3, -0.25) is 14.4 Å². The molecule has 1 aromatic heterocycles. The van der Waals surface area contributed by atoms with Gasteiger partial charge in [-0.2, -0.15) is 4.57 Å². The molecule has 4 heterocycles. The minimum Gasteiger partial charge on any atom is -0.487 e. The van der Waals surface area contributed by atoms with E-state index in [0.717, 1.165) is 112 Å². The summed E-state index contributed by atoms with van der Waals surface area (Å²) in [4.78, 5) is 44.2. The number of anilines is 4. The Hall–Kier alpha value is -6.76. The average molecular weight is 936 g/mol. The van der Waals surface area contributed by atoms with Gasteiger partial charge in [-0.25, -0.2) is 0 Å². The second kappa shape index (κ2) is 23.5. The molecule has 364 valence electrons. The van der Waals surface area contributed by atoms with Crippen LogP contribution in [0.3, 0.4) is 0 Å². The molecule has 1 atom stereocenters. The summed E-state index contributed by atoms with van der Waals surface area (Å²) in [6.07, 6.45) is 14.0. The number of amides is 3. The minimum atomic E-state index is -0.184. The van der Waals surface area contributed by atoms with Crippen LogP contribution < -0.4 is 50.0 Å². The van der Waals surface area contributed by atoms with Gasteiger partial charge in [0, 0.05) is 132 Å². The maximum Gasteiger partial charge on any atom is 0.239 e. The number of pyridine rings is 1. The molecule has 3 aliphatic rings. The van der Waals surface area contributed by atoms with Crippen molar-refractivity contribution in [1.82, 2.24) is 16.0 Å². The Morgan fingerprint density at radius 3 is 2.07 bits per heavy atom. The monoisotopic (exact) mass is 936 g/mol. The lowest BCUT2D eigenvalue weighted by Crippen LogP contribution is -2.37. The molecule has 4 N–H and O–H groups in total. The van der Waals surface area contributed by atoms with Gasteiger partial charge in [0.2, 0.25) is 28.8 Å². The molecule has 1 unspecified atom stereocenters. The zero-order valence-corrected chi connectivity index (χ0v) is 41.1. The van der Waals surface area contributed by atoms with E-state index in [2.05, 4.69) is 142 Å². The largest absolute Gasteiger partial charge is 0.487 e. The molecule has 0 aliphatic carbocycles. The number of para-hydroxylation sites is 2. The van der Waals surface area contributed by atoms with Gasteiger partial charge in [0.15, 0.2) is 0 Å². The number of benzene rings is 4. The Balaban J connectivity index is 0.663. The van der Waals surface area contributed by atoms with Crippen molar-refractivity contribution < 1.29 is 28.4 Å². The van der Waals surface area contributed by atoms with Crippen molar-refractivity contribution in [3.05, 3.63) is 108 Å². The number of aromatic nitrogens is 1. The van der Waals surface area contributed by atoms with E-state index in [1.165, 1.54) is 44.3 Å². The highest BCUT2D eigenvalue weighted by Crippen LogP contribution is 2.46. The second-order valence-corrected chi connectivity index (χ2v) is 18.9. The fourth-order valence-corrected chi connectivity index (χ4v) is 9.60. The van der Waals surface area contributed by atoms with E-state index in [9.17, 15) is 14.4 Å². The molecule has 3 aliphatic heterocycles. The summed E-state index contributed by atoms with van der Waals surface area (Å²) < 4.78 is 15.4. The molecule has 0 saturated heterocycles. The van der Waals surface area contributed by atoms with E-state index in [1.54, 1.807) is 0 Å². The van der Waals surface area contributed by atoms with Crippen LogP contribution in [-0.2, 0) is 20.9 Å². The van der Waals surface area contributed by atoms with Gasteiger partial charge >= 0.3 is 0 Å². The molecular weight excluding hydrogens is 865 g/mol. The highest BCUT2D eigenvalue weighted by molar-refractivity contribution is 5.93. The number of fused-ring (bicyclic) bond motifs is 4. The van der Waals surface area contributed by atoms with Crippen LogP contribution in [-0.4, -0.2) is 91.3 Å². The molecule has 0 radical (unpaired) electrons. The van der Waals surface area contributed by atoms with Crippen LogP contribution in [0.1, 0.15) is 82.6 Å². The van der Waals surface area contributed by atoms with Crippen LogP contribution in [0.25, 0.3) is 27.4 Å². The molecule has 0 bridgehead atoms. The SMILES string of the molecule is CN(C)c1ccc2cc3ccc(N(C)C)cc3[n+](CCCCCC(=O)NCCCCCNC(=O)CNC(=O)CCCCCN3C=CC4=C5COc6ccccc6NCCC5Oc5cccc3c54)c2c1. The molecule has 0 spiro atoms. The van der Waals surface area contributed by atoms with E-state index in [4.69, 9.17) is 9.47 Å². The molecule has 0 saturated carbocycles. The Kier molecular flexibility index (Phi) is 16.6. The zero-order valence-electron chi connectivity index (χ0n) is 41.1. The van der Waals surface area contributed by atoms with E-state index < -0.39 is 0 Å². The standard InChI is InChI=1S/C56H70N8O5/c1-61(2)42-25-23-40-35-41-24-26-43(62(3)4)37-49(41)64(48(40)36-42)33-15-6-9-21-53(65)58-29-12-7-13-30-59-55(67)38-60-54(66)22-8-5-14-32-63-34-28-44-45-39-68-51-19-11-10-17-46(51)57-31-27-50(45)69-52-20-16-18-47(63)56(44)52/h10-11,16-20,23-26,28,34-37,50,57H,5-9,12-15,21-22,27,29-33,38-39H2,1-4H3,(H2-,58,59,60,65,66,67)/p+1. The predicted molar refractivity (Wildman–Crippen MR) is 279 cm³/mol. The third-order valence-electron chi connectivity index (χ3n) is 13.5. The van der Waals surface area contributed by atoms with Crippen LogP contribution in [0.15, 0.2) is 103 Å². The molecule has 5 aromatic rings. The maximum atomic E-state index is 12.6. The van der Waals surface area contributed by atoms with E-state index >= 15 is 0 Å². The quantitative estimate of drug-likeness (QED) is 0.0307. The number of carbonyl (C=O) groups excluding carboxylic acids is 3. The van der Waals surface area contributed by atoms with Crippen LogP contribution >= 0.6 is 0 Å². The van der Waals surface area contributed by atoms with Crippen LogP contribution in [0, 0.1) is 0 Å². The van der Waals surface area contributed by atoms with E-state index in [1.807, 2.05) is 24.3 Å². The summed E-state index contributed by atoms with van der Waals surface area (Å²) in [5.74, 6) is 1.56. The van der Waals surface area contributed by atoms with Gasteiger partial charge in [-0.1, -0.05) is 24.6 Å². The number of carbonyl (C=O) groups is 3. The van der Waals surface area contributed by atoms with Gasteiger partial charge < -0.3 is 45.4 Å². The summed E-state index contributed by atoms with van der Waals surface area (Å²) in [7, 11) is 8.30. The number of nitrogens with one attached hydrogen (secondary N) is 4. The first-order valence-electron chi connectivity index (χ1n) is 25.1. The number of allylic oxidation sites excluding steroid dienone is 2. The van der Waals surface area contributed by atoms with Crippen LogP contribution in [0.5, 0.6) is 11.5 Å². The first-order valence-corrected chi connectivity index (χ1v) is 25.1. The van der Waals surface area contributed by atoms with Gasteiger partial charge in [0.1, 0.15) is 30.8 Å². The molecular formula is C56H71N8O5+. The van der Waals surface area contributed by atoms with E-state index in [0.29, 0.717) is 32.5 Å². The number of hydrogen-bond donors (Lipinski definition) is 4. The van der Waals surface area contributed by atoms with Crippen LogP contribution in [0.4, 0.5) is 22.7 Å². The second-order valence-electron chi connectivity index (χ2n) is 18.9. The number of ether oxygens (including phenoxy) is 2. The summed E-state index contributed by atoms with van der Waals surface area (Å²) in [5, 5.41) is 14.7. The van der Waals surface area contributed by atoms with Gasteiger partial charge in [-0.15, -0.1) is 0 Å². The Morgan fingerprint density at radius 2 is 1.35 bits per heavy atom. The van der Waals surface area contributed by atoms with Crippen molar-refractivity contribution in [3.8, 4) is 11.5 Å². The number of rotatable bonds is 22. The predicted octanol–water partition coefficient (Wildman–Crippen LogP) is 8.50. The number of hydrogen-bond acceptors (Lipinski definition) is 9. The highest BCUT2D eigenvalue weighted by atomic mass is 16.5. The summed E-state index contributed by atoms with van der Waals surface area (Å²) in [5.41, 5.74) is 10.4. The third kappa shape index (κ3) is 12.5. The van der Waals surface area contributed by atoms with Crippen molar-refractivity contribution in [2.24, 2.45) is 0 Å². The maximum absolute atomic E-state index is 12.6. The van der Waals surface area contributed by atoms with Crippen molar-refractivity contribution in [3.63, 3.8) is 0 Å². The number of nitrogens with zero attached hydrogens (tertiary/aromatic N) is 4.